The number of nitrogens with one attached hydrogen (secondary N) is 1. The number of carbonyl (C=O) groups excluding carboxylic acids is 1. The summed E-state index contributed by atoms with van der Waals surface area (Å²) in [6.45, 7) is 6.04. The summed E-state index contributed by atoms with van der Waals surface area (Å²) in [7, 11) is 5.73. The fourth-order valence-electron chi connectivity index (χ4n) is 2.12. The van der Waals surface area contributed by atoms with E-state index in [0.717, 1.165) is 23.2 Å². The van der Waals surface area contributed by atoms with E-state index in [0.29, 0.717) is 12.1 Å². The average molecular weight is 308 g/mol. The molecule has 0 aliphatic rings. The number of carbonyl (C=O) groups is 1. The third kappa shape index (κ3) is 5.77. The first-order valence-corrected chi connectivity index (χ1v) is 7.62. The standard InChI is InChI=1S/C18H21BN2O2/c1-18(2,3)23-17(22)20-11-10-13-6-4-7-14(12-13)15-8-5-9-16(19)21-15/h4-9,12H,10-11H2,1-3H3,(H,20,22). The van der Waals surface area contributed by atoms with Crippen LogP contribution in [0.15, 0.2) is 42.5 Å². The molecule has 5 heteroatoms. The number of rotatable bonds is 4. The summed E-state index contributed by atoms with van der Waals surface area (Å²) in [6.07, 6.45) is 0.321. The van der Waals surface area contributed by atoms with Crippen LogP contribution in [0.4, 0.5) is 4.79 Å². The zero-order valence-electron chi connectivity index (χ0n) is 13.8. The van der Waals surface area contributed by atoms with Crippen molar-refractivity contribution in [1.29, 1.82) is 0 Å². The molecule has 1 heterocycles. The van der Waals surface area contributed by atoms with Gasteiger partial charge in [0.25, 0.3) is 0 Å². The number of pyridine rings is 1. The van der Waals surface area contributed by atoms with E-state index >= 15 is 0 Å². The summed E-state index contributed by atoms with van der Waals surface area (Å²) >= 11 is 0. The number of hydrogen-bond donors (Lipinski definition) is 1. The van der Waals surface area contributed by atoms with E-state index in [1.54, 1.807) is 6.07 Å². The monoisotopic (exact) mass is 308 g/mol. The maximum atomic E-state index is 11.6. The zero-order chi connectivity index (χ0) is 16.9. The Morgan fingerprint density at radius 3 is 2.65 bits per heavy atom. The van der Waals surface area contributed by atoms with Gasteiger partial charge in [-0.25, -0.2) is 4.79 Å². The predicted octanol–water partition coefficient (Wildman–Crippen LogP) is 2.61. The van der Waals surface area contributed by atoms with Crippen molar-refractivity contribution in [3.63, 3.8) is 0 Å². The van der Waals surface area contributed by atoms with Crippen molar-refractivity contribution in [1.82, 2.24) is 10.3 Å². The molecule has 0 aliphatic carbocycles. The minimum Gasteiger partial charge on any atom is -0.444 e. The molecule has 1 amide bonds. The van der Waals surface area contributed by atoms with Gasteiger partial charge in [0.05, 0.1) is 5.69 Å². The number of benzene rings is 1. The fourth-order valence-corrected chi connectivity index (χ4v) is 2.12. The highest BCUT2D eigenvalue weighted by molar-refractivity contribution is 6.30. The molecule has 0 aliphatic heterocycles. The molecule has 2 radical (unpaired) electrons. The summed E-state index contributed by atoms with van der Waals surface area (Å²) in [6, 6.07) is 13.6. The van der Waals surface area contributed by atoms with Crippen LogP contribution in [0.1, 0.15) is 26.3 Å². The van der Waals surface area contributed by atoms with Gasteiger partial charge in [0, 0.05) is 12.1 Å². The van der Waals surface area contributed by atoms with E-state index < -0.39 is 11.7 Å². The lowest BCUT2D eigenvalue weighted by Crippen LogP contribution is -2.33. The Kier molecular flexibility index (Phi) is 5.43. The third-order valence-corrected chi connectivity index (χ3v) is 3.08. The largest absolute Gasteiger partial charge is 0.444 e. The highest BCUT2D eigenvalue weighted by Gasteiger charge is 2.15. The molecule has 2 rings (SSSR count). The second-order valence-corrected chi connectivity index (χ2v) is 6.33. The van der Waals surface area contributed by atoms with Gasteiger partial charge in [-0.3, -0.25) is 4.98 Å². The van der Waals surface area contributed by atoms with Gasteiger partial charge in [-0.15, -0.1) is 0 Å². The van der Waals surface area contributed by atoms with E-state index in [9.17, 15) is 4.79 Å². The molecule has 0 unspecified atom stereocenters. The number of alkyl carbamates (subject to hydrolysis) is 1. The first kappa shape index (κ1) is 17.1. The smallest absolute Gasteiger partial charge is 0.407 e. The number of nitrogens with zero attached hydrogens (tertiary/aromatic N) is 1. The molecule has 4 nitrogen and oxygen atoms in total. The van der Waals surface area contributed by atoms with E-state index in [2.05, 4.69) is 16.4 Å². The van der Waals surface area contributed by atoms with Crippen LogP contribution >= 0.6 is 0 Å². The molecule has 23 heavy (non-hydrogen) atoms. The van der Waals surface area contributed by atoms with Crippen LogP contribution in [0.2, 0.25) is 0 Å². The first-order valence-electron chi connectivity index (χ1n) is 7.62. The van der Waals surface area contributed by atoms with Crippen molar-refractivity contribution < 1.29 is 9.53 Å². The van der Waals surface area contributed by atoms with Gasteiger partial charge in [0.1, 0.15) is 13.4 Å². The Bertz CT molecular complexity index is 681. The van der Waals surface area contributed by atoms with Crippen LogP contribution in [0, 0.1) is 0 Å². The van der Waals surface area contributed by atoms with Crippen LogP contribution in [0.3, 0.4) is 0 Å². The lowest BCUT2D eigenvalue weighted by molar-refractivity contribution is 0.0528. The summed E-state index contributed by atoms with van der Waals surface area (Å²) in [5.74, 6) is 0. The molecular formula is C18H21BN2O2. The van der Waals surface area contributed by atoms with Crippen molar-refractivity contribution in [3.8, 4) is 11.3 Å². The molecule has 2 aromatic rings. The van der Waals surface area contributed by atoms with Crippen molar-refractivity contribution in [2.45, 2.75) is 32.8 Å². The van der Waals surface area contributed by atoms with Gasteiger partial charge in [-0.1, -0.05) is 30.3 Å². The van der Waals surface area contributed by atoms with Gasteiger partial charge >= 0.3 is 6.09 Å². The van der Waals surface area contributed by atoms with Crippen LogP contribution in [0.5, 0.6) is 0 Å². The lowest BCUT2D eigenvalue weighted by atomic mass is 10.0. The number of aromatic nitrogens is 1. The van der Waals surface area contributed by atoms with Crippen LogP contribution in [0.25, 0.3) is 11.3 Å². The lowest BCUT2D eigenvalue weighted by Gasteiger charge is -2.19. The Morgan fingerprint density at radius 1 is 1.22 bits per heavy atom. The normalized spacial score (nSPS) is 11.1. The maximum absolute atomic E-state index is 11.6. The summed E-state index contributed by atoms with van der Waals surface area (Å²) in [5.41, 5.74) is 2.98. The SMILES string of the molecule is [B]c1cccc(-c2cccc(CCNC(=O)OC(C)(C)C)c2)n1. The Balaban J connectivity index is 1.94. The second-order valence-electron chi connectivity index (χ2n) is 6.33. The van der Waals surface area contributed by atoms with Gasteiger partial charge in [0.15, 0.2) is 0 Å². The minimum atomic E-state index is -0.483. The Hall–Kier alpha value is -2.30. The summed E-state index contributed by atoms with van der Waals surface area (Å²) < 4.78 is 5.21. The molecule has 1 aromatic carbocycles. The highest BCUT2D eigenvalue weighted by atomic mass is 16.6. The quantitative estimate of drug-likeness (QED) is 0.883. The first-order chi connectivity index (χ1) is 10.8. The van der Waals surface area contributed by atoms with Crippen LogP contribution < -0.4 is 10.9 Å². The molecule has 118 valence electrons. The molecule has 0 fully saturated rings. The van der Waals surface area contributed by atoms with E-state index in [1.807, 2.05) is 51.1 Å². The summed E-state index contributed by atoms with van der Waals surface area (Å²) in [4.78, 5) is 15.9. The number of hydrogen-bond acceptors (Lipinski definition) is 3. The second kappa shape index (κ2) is 7.31. The highest BCUT2D eigenvalue weighted by Crippen LogP contribution is 2.17. The van der Waals surface area contributed by atoms with E-state index in [1.165, 1.54) is 0 Å². The zero-order valence-corrected chi connectivity index (χ0v) is 13.8. The fraction of sp³-hybridized carbons (Fsp3) is 0.333. The topological polar surface area (TPSA) is 51.2 Å². The Labute approximate surface area is 138 Å². The van der Waals surface area contributed by atoms with Crippen molar-refractivity contribution >= 4 is 19.5 Å². The van der Waals surface area contributed by atoms with Crippen molar-refractivity contribution in [2.75, 3.05) is 6.54 Å². The van der Waals surface area contributed by atoms with Crippen molar-refractivity contribution in [2.24, 2.45) is 0 Å². The average Bonchev–Trinajstić information content (AvgIpc) is 2.46. The van der Waals surface area contributed by atoms with Crippen molar-refractivity contribution in [3.05, 3.63) is 48.0 Å². The number of ether oxygens (including phenoxy) is 1. The summed E-state index contributed by atoms with van der Waals surface area (Å²) in [5, 5.41) is 2.76. The van der Waals surface area contributed by atoms with Gasteiger partial charge in [-0.05, 0) is 50.5 Å². The van der Waals surface area contributed by atoms with Crippen LogP contribution in [-0.4, -0.2) is 31.1 Å². The van der Waals surface area contributed by atoms with Crippen LogP contribution in [-0.2, 0) is 11.2 Å². The van der Waals surface area contributed by atoms with Gasteiger partial charge in [0.2, 0.25) is 0 Å². The number of amides is 1. The molecule has 0 atom stereocenters. The Morgan fingerprint density at radius 2 is 1.96 bits per heavy atom. The molecule has 1 aromatic heterocycles. The van der Waals surface area contributed by atoms with Gasteiger partial charge < -0.3 is 10.1 Å². The van der Waals surface area contributed by atoms with E-state index in [-0.39, 0.29) is 0 Å². The molecule has 0 saturated heterocycles. The maximum Gasteiger partial charge on any atom is 0.407 e. The predicted molar refractivity (Wildman–Crippen MR) is 93.0 cm³/mol. The molecule has 0 bridgehead atoms. The molecule has 0 saturated carbocycles. The van der Waals surface area contributed by atoms with E-state index in [4.69, 9.17) is 12.6 Å². The molecular weight excluding hydrogens is 287 g/mol. The third-order valence-electron chi connectivity index (χ3n) is 3.08. The molecule has 1 N–H and O–H groups in total. The molecule has 0 spiro atoms. The minimum absolute atomic E-state index is 0.397. The van der Waals surface area contributed by atoms with Gasteiger partial charge in [-0.2, -0.15) is 0 Å².